The van der Waals surface area contributed by atoms with E-state index in [4.69, 9.17) is 9.47 Å². The van der Waals surface area contributed by atoms with Crippen LogP contribution in [0, 0.1) is 0 Å². The van der Waals surface area contributed by atoms with Gasteiger partial charge in [0.1, 0.15) is 17.3 Å². The van der Waals surface area contributed by atoms with Crippen molar-refractivity contribution in [1.82, 2.24) is 9.80 Å². The Kier molecular flexibility index (Phi) is 8.71. The van der Waals surface area contributed by atoms with E-state index in [-0.39, 0.29) is 11.3 Å². The predicted molar refractivity (Wildman–Crippen MR) is 132 cm³/mol. The van der Waals surface area contributed by atoms with Crippen molar-refractivity contribution in [2.45, 2.75) is 33.2 Å². The van der Waals surface area contributed by atoms with Crippen LogP contribution in [0.25, 0.3) is 5.76 Å². The van der Waals surface area contributed by atoms with Gasteiger partial charge in [-0.2, -0.15) is 0 Å². The molecule has 1 fully saturated rings. The minimum atomic E-state index is -0.706. The molecule has 0 saturated carbocycles. The number of likely N-dealkylation sites (N-methyl/N-ethyl adjacent to an activating group) is 1. The second-order valence-electron chi connectivity index (χ2n) is 8.17. The molecule has 7 heteroatoms. The lowest BCUT2D eigenvalue weighted by Gasteiger charge is -2.28. The molecule has 0 bridgehead atoms. The lowest BCUT2D eigenvalue weighted by Crippen LogP contribution is -2.38. The number of likely N-dealkylation sites (tertiary alicyclic amines) is 1. The average Bonchev–Trinajstić information content (AvgIpc) is 3.13. The van der Waals surface area contributed by atoms with Crippen LogP contribution in [-0.2, 0) is 9.59 Å². The van der Waals surface area contributed by atoms with Crippen LogP contribution in [0.2, 0.25) is 0 Å². The zero-order chi connectivity index (χ0) is 24.7. The number of carbonyl (C=O) groups is 2. The van der Waals surface area contributed by atoms with Crippen LogP contribution in [0.15, 0.2) is 54.1 Å². The second kappa shape index (κ2) is 11.7. The maximum absolute atomic E-state index is 13.2. The number of hydrogen-bond acceptors (Lipinski definition) is 6. The van der Waals surface area contributed by atoms with E-state index >= 15 is 0 Å². The smallest absolute Gasteiger partial charge is 0.295 e. The molecule has 0 radical (unpaired) electrons. The minimum absolute atomic E-state index is 0.0855. The third-order valence-corrected chi connectivity index (χ3v) is 6.10. The minimum Gasteiger partial charge on any atom is -0.507 e. The normalized spacial score (nSPS) is 17.4. The summed E-state index contributed by atoms with van der Waals surface area (Å²) in [6.07, 6.45) is 0.865. The number of hydrogen-bond donors (Lipinski definition) is 1. The van der Waals surface area contributed by atoms with Crippen LogP contribution >= 0.6 is 0 Å². The van der Waals surface area contributed by atoms with E-state index < -0.39 is 17.7 Å². The van der Waals surface area contributed by atoms with Gasteiger partial charge in [-0.25, -0.2) is 0 Å². The fourth-order valence-electron chi connectivity index (χ4n) is 4.14. The standard InChI is InChI=1S/C27H34N2O5/c1-5-17-34-22-10-8-9-20(18-22)24-23(25(30)19-11-13-21(33-4)14-12-19)26(31)27(32)29(24)16-15-28(6-2)7-3/h8-14,18,24,30H,5-7,15-17H2,1-4H3/b25-23+/t24-/m1/s1. The first kappa shape index (κ1) is 25.3. The Labute approximate surface area is 201 Å². The van der Waals surface area contributed by atoms with E-state index in [1.54, 1.807) is 36.3 Å². The summed E-state index contributed by atoms with van der Waals surface area (Å²) < 4.78 is 11.0. The highest BCUT2D eigenvalue weighted by Crippen LogP contribution is 2.40. The summed E-state index contributed by atoms with van der Waals surface area (Å²) in [6, 6.07) is 13.5. The van der Waals surface area contributed by atoms with Crippen molar-refractivity contribution in [1.29, 1.82) is 0 Å². The monoisotopic (exact) mass is 466 g/mol. The number of carbonyl (C=O) groups excluding carboxylic acids is 2. The number of aliphatic hydroxyl groups is 1. The van der Waals surface area contributed by atoms with Gasteiger partial charge in [-0.3, -0.25) is 9.59 Å². The van der Waals surface area contributed by atoms with E-state index in [9.17, 15) is 14.7 Å². The molecule has 0 spiro atoms. The van der Waals surface area contributed by atoms with E-state index in [0.29, 0.717) is 36.8 Å². The molecule has 1 aliphatic heterocycles. The second-order valence-corrected chi connectivity index (χ2v) is 8.17. The van der Waals surface area contributed by atoms with E-state index in [1.807, 2.05) is 31.2 Å². The molecule has 1 N–H and O–H groups in total. The Morgan fingerprint density at radius 3 is 2.35 bits per heavy atom. The maximum Gasteiger partial charge on any atom is 0.295 e. The van der Waals surface area contributed by atoms with Crippen molar-refractivity contribution >= 4 is 17.4 Å². The molecular weight excluding hydrogens is 432 g/mol. The van der Waals surface area contributed by atoms with Crippen LogP contribution in [-0.4, -0.2) is 66.5 Å². The number of benzene rings is 2. The van der Waals surface area contributed by atoms with Crippen molar-refractivity contribution in [3.63, 3.8) is 0 Å². The van der Waals surface area contributed by atoms with Crippen LogP contribution in [0.3, 0.4) is 0 Å². The van der Waals surface area contributed by atoms with Gasteiger partial charge >= 0.3 is 0 Å². The van der Waals surface area contributed by atoms with E-state index in [0.717, 1.165) is 25.1 Å². The number of methoxy groups -OCH3 is 1. The van der Waals surface area contributed by atoms with Crippen molar-refractivity contribution in [2.75, 3.05) is 39.9 Å². The molecule has 2 aromatic rings. The van der Waals surface area contributed by atoms with Gasteiger partial charge in [0.2, 0.25) is 0 Å². The number of ether oxygens (including phenoxy) is 2. The summed E-state index contributed by atoms with van der Waals surface area (Å²) in [5.41, 5.74) is 1.26. The molecule has 0 aliphatic carbocycles. The third kappa shape index (κ3) is 5.42. The van der Waals surface area contributed by atoms with Gasteiger partial charge in [0.25, 0.3) is 11.7 Å². The Morgan fingerprint density at radius 1 is 1.03 bits per heavy atom. The van der Waals surface area contributed by atoms with Gasteiger partial charge in [-0.05, 0) is 61.5 Å². The van der Waals surface area contributed by atoms with E-state index in [2.05, 4.69) is 18.7 Å². The Bertz CT molecular complexity index is 1030. The van der Waals surface area contributed by atoms with Crippen LogP contribution in [0.5, 0.6) is 11.5 Å². The van der Waals surface area contributed by atoms with Gasteiger partial charge in [-0.15, -0.1) is 0 Å². The highest BCUT2D eigenvalue weighted by molar-refractivity contribution is 6.46. The summed E-state index contributed by atoms with van der Waals surface area (Å²) in [7, 11) is 1.56. The Balaban J connectivity index is 2.08. The Hall–Kier alpha value is -3.32. The summed E-state index contributed by atoms with van der Waals surface area (Å²) in [6.45, 7) is 9.41. The zero-order valence-corrected chi connectivity index (χ0v) is 20.4. The molecule has 1 atom stereocenters. The molecule has 0 unspecified atom stereocenters. The highest BCUT2D eigenvalue weighted by Gasteiger charge is 2.46. The fraction of sp³-hybridized carbons (Fsp3) is 0.407. The number of aliphatic hydroxyl groups excluding tert-OH is 1. The van der Waals surface area contributed by atoms with Crippen LogP contribution in [0.1, 0.15) is 44.4 Å². The molecular formula is C27H34N2O5. The average molecular weight is 467 g/mol. The van der Waals surface area contributed by atoms with Gasteiger partial charge in [0.15, 0.2) is 0 Å². The zero-order valence-electron chi connectivity index (χ0n) is 20.4. The van der Waals surface area contributed by atoms with Gasteiger partial charge < -0.3 is 24.4 Å². The quantitative estimate of drug-likeness (QED) is 0.303. The van der Waals surface area contributed by atoms with Crippen molar-refractivity contribution in [3.8, 4) is 11.5 Å². The summed E-state index contributed by atoms with van der Waals surface area (Å²) in [5, 5.41) is 11.2. The van der Waals surface area contributed by atoms with Crippen LogP contribution in [0.4, 0.5) is 0 Å². The molecule has 1 heterocycles. The highest BCUT2D eigenvalue weighted by atomic mass is 16.5. The lowest BCUT2D eigenvalue weighted by molar-refractivity contribution is -0.140. The van der Waals surface area contributed by atoms with Crippen LogP contribution < -0.4 is 9.47 Å². The van der Waals surface area contributed by atoms with Crippen molar-refractivity contribution in [2.24, 2.45) is 0 Å². The molecule has 7 nitrogen and oxygen atoms in total. The predicted octanol–water partition coefficient (Wildman–Crippen LogP) is 4.25. The summed E-state index contributed by atoms with van der Waals surface area (Å²) in [4.78, 5) is 30.1. The summed E-state index contributed by atoms with van der Waals surface area (Å²) in [5.74, 6) is -0.187. The molecule has 2 aromatic carbocycles. The van der Waals surface area contributed by atoms with Crippen molar-refractivity contribution in [3.05, 3.63) is 65.2 Å². The molecule has 34 heavy (non-hydrogen) atoms. The first-order chi connectivity index (χ1) is 16.4. The molecule has 0 aromatic heterocycles. The number of amides is 1. The first-order valence-corrected chi connectivity index (χ1v) is 11.8. The molecule has 182 valence electrons. The van der Waals surface area contributed by atoms with Gasteiger partial charge in [0.05, 0.1) is 25.3 Å². The number of Topliss-reactive ketones (excluding diaryl/α,β-unsaturated/α-hetero) is 1. The lowest BCUT2D eigenvalue weighted by atomic mass is 9.95. The molecule has 1 aliphatic rings. The van der Waals surface area contributed by atoms with Gasteiger partial charge in [-0.1, -0.05) is 32.9 Å². The topological polar surface area (TPSA) is 79.3 Å². The van der Waals surface area contributed by atoms with Gasteiger partial charge in [0, 0.05) is 18.7 Å². The first-order valence-electron chi connectivity index (χ1n) is 11.8. The SMILES string of the molecule is CCCOc1cccc([C@@H]2/C(=C(\O)c3ccc(OC)cc3)C(=O)C(=O)N2CCN(CC)CC)c1. The molecule has 1 amide bonds. The largest absolute Gasteiger partial charge is 0.507 e. The fourth-order valence-corrected chi connectivity index (χ4v) is 4.14. The third-order valence-electron chi connectivity index (χ3n) is 6.10. The molecule has 1 saturated heterocycles. The number of nitrogens with zero attached hydrogens (tertiary/aromatic N) is 2. The number of rotatable bonds is 11. The molecule has 3 rings (SSSR count). The van der Waals surface area contributed by atoms with Crippen molar-refractivity contribution < 1.29 is 24.2 Å². The maximum atomic E-state index is 13.2. The Morgan fingerprint density at radius 2 is 1.74 bits per heavy atom. The summed E-state index contributed by atoms with van der Waals surface area (Å²) >= 11 is 0. The number of ketones is 1. The van der Waals surface area contributed by atoms with E-state index in [1.165, 1.54) is 0 Å².